The number of benzene rings is 1. The van der Waals surface area contributed by atoms with Crippen LogP contribution in [0.2, 0.25) is 0 Å². The van der Waals surface area contributed by atoms with Crippen molar-refractivity contribution in [3.05, 3.63) is 58.7 Å². The van der Waals surface area contributed by atoms with Gasteiger partial charge in [-0.05, 0) is 50.4 Å². The molecule has 0 saturated heterocycles. The topological polar surface area (TPSA) is 90.5 Å². The number of aromatic nitrogens is 4. The molecule has 1 saturated carbocycles. The van der Waals surface area contributed by atoms with Crippen LogP contribution in [0.4, 0.5) is 22.0 Å². The molecule has 3 aromatic rings. The lowest BCUT2D eigenvalue weighted by Gasteiger charge is -2.22. The number of anilines is 3. The SMILES string of the molecule is C[C@H](Nc1nc2c(c(Nc3cc(C4CC4)[nH]n3)n1)CCNC2)c1ccc(F)cc1. The second-order valence-electron chi connectivity index (χ2n) is 7.77. The maximum atomic E-state index is 13.2. The van der Waals surface area contributed by atoms with Gasteiger partial charge < -0.3 is 16.0 Å². The van der Waals surface area contributed by atoms with Crippen molar-refractivity contribution in [2.45, 2.75) is 44.7 Å². The molecular weight excluding hydrogens is 369 g/mol. The lowest BCUT2D eigenvalue weighted by atomic mass is 10.1. The van der Waals surface area contributed by atoms with Gasteiger partial charge in [0.2, 0.25) is 5.95 Å². The summed E-state index contributed by atoms with van der Waals surface area (Å²) in [6.45, 7) is 3.62. The van der Waals surface area contributed by atoms with Crippen LogP contribution in [-0.2, 0) is 13.0 Å². The van der Waals surface area contributed by atoms with E-state index in [0.717, 1.165) is 41.4 Å². The fourth-order valence-electron chi connectivity index (χ4n) is 3.68. The minimum atomic E-state index is -0.242. The van der Waals surface area contributed by atoms with Crippen molar-refractivity contribution in [1.82, 2.24) is 25.5 Å². The number of fused-ring (bicyclic) bond motifs is 1. The third-order valence-corrected chi connectivity index (χ3v) is 5.51. The molecule has 1 atom stereocenters. The Balaban J connectivity index is 1.41. The van der Waals surface area contributed by atoms with Gasteiger partial charge in [-0.15, -0.1) is 0 Å². The fourth-order valence-corrected chi connectivity index (χ4v) is 3.68. The second kappa shape index (κ2) is 7.44. The van der Waals surface area contributed by atoms with E-state index in [1.807, 2.05) is 6.92 Å². The first kappa shape index (κ1) is 18.1. The average molecular weight is 393 g/mol. The monoisotopic (exact) mass is 393 g/mol. The molecule has 0 amide bonds. The highest BCUT2D eigenvalue weighted by Gasteiger charge is 2.26. The van der Waals surface area contributed by atoms with Gasteiger partial charge in [0.1, 0.15) is 11.6 Å². The van der Waals surface area contributed by atoms with Gasteiger partial charge in [-0.1, -0.05) is 12.1 Å². The fraction of sp³-hybridized carbons (Fsp3) is 0.381. The number of H-pyrrole nitrogens is 1. The van der Waals surface area contributed by atoms with E-state index in [9.17, 15) is 4.39 Å². The maximum Gasteiger partial charge on any atom is 0.225 e. The first-order valence-corrected chi connectivity index (χ1v) is 10.1. The number of aromatic amines is 1. The Kier molecular flexibility index (Phi) is 4.63. The Bertz CT molecular complexity index is 1010. The molecule has 1 fully saturated rings. The smallest absolute Gasteiger partial charge is 0.225 e. The Labute approximate surface area is 168 Å². The van der Waals surface area contributed by atoms with E-state index in [1.165, 1.54) is 30.7 Å². The molecule has 0 spiro atoms. The summed E-state index contributed by atoms with van der Waals surface area (Å²) in [6.07, 6.45) is 3.32. The summed E-state index contributed by atoms with van der Waals surface area (Å²) in [6, 6.07) is 8.50. The number of nitrogens with one attached hydrogen (secondary N) is 4. The van der Waals surface area contributed by atoms with Crippen molar-refractivity contribution in [3.63, 3.8) is 0 Å². The van der Waals surface area contributed by atoms with Gasteiger partial charge in [0.05, 0.1) is 11.7 Å². The van der Waals surface area contributed by atoms with Crippen molar-refractivity contribution in [1.29, 1.82) is 0 Å². The van der Waals surface area contributed by atoms with E-state index in [-0.39, 0.29) is 11.9 Å². The Morgan fingerprint density at radius 3 is 2.79 bits per heavy atom. The molecule has 5 rings (SSSR count). The molecule has 150 valence electrons. The highest BCUT2D eigenvalue weighted by Crippen LogP contribution is 2.39. The molecular formula is C21H24FN7. The normalized spacial score (nSPS) is 16.9. The molecule has 7 nitrogen and oxygen atoms in total. The van der Waals surface area contributed by atoms with Crippen molar-refractivity contribution in [2.24, 2.45) is 0 Å². The summed E-state index contributed by atoms with van der Waals surface area (Å²) in [5, 5.41) is 17.6. The number of nitrogens with zero attached hydrogens (tertiary/aromatic N) is 3. The summed E-state index contributed by atoms with van der Waals surface area (Å²) in [4.78, 5) is 9.46. The van der Waals surface area contributed by atoms with Gasteiger partial charge in [-0.25, -0.2) is 9.37 Å². The van der Waals surface area contributed by atoms with E-state index in [4.69, 9.17) is 9.97 Å². The van der Waals surface area contributed by atoms with Gasteiger partial charge >= 0.3 is 0 Å². The zero-order chi connectivity index (χ0) is 19.8. The van der Waals surface area contributed by atoms with Gasteiger partial charge in [-0.3, -0.25) is 5.10 Å². The lowest BCUT2D eigenvalue weighted by molar-refractivity contribution is 0.623. The minimum Gasteiger partial charge on any atom is -0.348 e. The molecule has 8 heteroatoms. The van der Waals surface area contributed by atoms with Crippen molar-refractivity contribution in [2.75, 3.05) is 17.2 Å². The van der Waals surface area contributed by atoms with Crippen LogP contribution < -0.4 is 16.0 Å². The van der Waals surface area contributed by atoms with E-state index in [2.05, 4.69) is 32.2 Å². The Hall–Kier alpha value is -3.00. The molecule has 0 unspecified atom stereocenters. The quantitative estimate of drug-likeness (QED) is 0.510. The molecule has 3 heterocycles. The van der Waals surface area contributed by atoms with Gasteiger partial charge in [-0.2, -0.15) is 10.1 Å². The van der Waals surface area contributed by atoms with Crippen LogP contribution in [0, 0.1) is 5.82 Å². The summed E-state index contributed by atoms with van der Waals surface area (Å²) < 4.78 is 13.2. The van der Waals surface area contributed by atoms with Crippen LogP contribution in [0.25, 0.3) is 0 Å². The standard InChI is InChI=1S/C21H24FN7/c1-12(13-4-6-15(22)7-5-13)24-21-25-18-11-23-9-8-16(18)20(27-21)26-19-10-17(28-29-19)14-2-3-14/h4-7,10,12,14,23H,2-3,8-9,11H2,1H3,(H3,24,25,26,27,28,29)/t12-/m0/s1. The summed E-state index contributed by atoms with van der Waals surface area (Å²) in [7, 11) is 0. The van der Waals surface area contributed by atoms with E-state index in [0.29, 0.717) is 18.4 Å². The average Bonchev–Trinajstić information content (AvgIpc) is 3.48. The third-order valence-electron chi connectivity index (χ3n) is 5.51. The number of halogens is 1. The largest absolute Gasteiger partial charge is 0.348 e. The summed E-state index contributed by atoms with van der Waals surface area (Å²) in [5.74, 6) is 2.50. The summed E-state index contributed by atoms with van der Waals surface area (Å²) >= 11 is 0. The third kappa shape index (κ3) is 3.93. The first-order valence-electron chi connectivity index (χ1n) is 10.1. The van der Waals surface area contributed by atoms with Crippen LogP contribution in [0.1, 0.15) is 54.2 Å². The molecule has 0 bridgehead atoms. The van der Waals surface area contributed by atoms with Gasteiger partial charge in [0.25, 0.3) is 0 Å². The zero-order valence-electron chi connectivity index (χ0n) is 16.3. The van der Waals surface area contributed by atoms with Crippen molar-refractivity contribution in [3.8, 4) is 0 Å². The lowest BCUT2D eigenvalue weighted by Crippen LogP contribution is -2.27. The van der Waals surface area contributed by atoms with E-state index in [1.54, 1.807) is 12.1 Å². The van der Waals surface area contributed by atoms with Crippen LogP contribution in [0.5, 0.6) is 0 Å². The van der Waals surface area contributed by atoms with Crippen molar-refractivity contribution < 1.29 is 4.39 Å². The number of hydrogen-bond donors (Lipinski definition) is 4. The van der Waals surface area contributed by atoms with Gasteiger partial charge in [0.15, 0.2) is 5.82 Å². The Morgan fingerprint density at radius 2 is 2.00 bits per heavy atom. The number of rotatable bonds is 6. The van der Waals surface area contributed by atoms with Crippen LogP contribution in [-0.4, -0.2) is 26.7 Å². The Morgan fingerprint density at radius 1 is 1.17 bits per heavy atom. The van der Waals surface area contributed by atoms with Crippen molar-refractivity contribution >= 4 is 17.6 Å². The predicted octanol–water partition coefficient (Wildman–Crippen LogP) is 3.78. The predicted molar refractivity (Wildman–Crippen MR) is 110 cm³/mol. The highest BCUT2D eigenvalue weighted by molar-refractivity contribution is 5.60. The molecule has 1 aliphatic carbocycles. The molecule has 2 aromatic heterocycles. The minimum absolute atomic E-state index is 0.0510. The molecule has 0 radical (unpaired) electrons. The first-order chi connectivity index (χ1) is 14.2. The molecule has 4 N–H and O–H groups in total. The van der Waals surface area contributed by atoms with E-state index < -0.39 is 0 Å². The maximum absolute atomic E-state index is 13.2. The second-order valence-corrected chi connectivity index (χ2v) is 7.77. The summed E-state index contributed by atoms with van der Waals surface area (Å²) in [5.41, 5.74) is 4.27. The van der Waals surface area contributed by atoms with Crippen LogP contribution in [0.15, 0.2) is 30.3 Å². The zero-order valence-corrected chi connectivity index (χ0v) is 16.3. The molecule has 1 aromatic carbocycles. The molecule has 29 heavy (non-hydrogen) atoms. The number of hydrogen-bond acceptors (Lipinski definition) is 6. The van der Waals surface area contributed by atoms with Gasteiger partial charge in [0, 0.05) is 29.8 Å². The molecule has 1 aliphatic heterocycles. The van der Waals surface area contributed by atoms with Crippen LogP contribution >= 0.6 is 0 Å². The van der Waals surface area contributed by atoms with E-state index >= 15 is 0 Å². The van der Waals surface area contributed by atoms with Crippen LogP contribution in [0.3, 0.4) is 0 Å². The molecule has 2 aliphatic rings. The highest BCUT2D eigenvalue weighted by atomic mass is 19.1.